The number of piperidine rings is 1. The van der Waals surface area contributed by atoms with Crippen molar-refractivity contribution >= 4 is 34.1 Å². The minimum Gasteiger partial charge on any atom is -0.494 e. The molecule has 1 aliphatic heterocycles. The van der Waals surface area contributed by atoms with Crippen molar-refractivity contribution in [2.75, 3.05) is 38.2 Å². The van der Waals surface area contributed by atoms with Crippen LogP contribution in [-0.2, 0) is 0 Å². The highest BCUT2D eigenvalue weighted by Crippen LogP contribution is 2.31. The van der Waals surface area contributed by atoms with Gasteiger partial charge in [-0.3, -0.25) is 0 Å². The lowest BCUT2D eigenvalue weighted by Gasteiger charge is -2.26. The fraction of sp³-hybridized carbons (Fsp3) is 0.321. The van der Waals surface area contributed by atoms with Crippen molar-refractivity contribution in [3.63, 3.8) is 0 Å². The van der Waals surface area contributed by atoms with Gasteiger partial charge in [0.25, 0.3) is 0 Å². The van der Waals surface area contributed by atoms with Crippen LogP contribution < -0.4 is 9.64 Å². The Morgan fingerprint density at radius 1 is 0.941 bits per heavy atom. The van der Waals surface area contributed by atoms with Crippen LogP contribution in [0.2, 0.25) is 5.02 Å². The maximum Gasteiger partial charge on any atom is 0.227 e. The molecule has 2 heterocycles. The fourth-order valence-corrected chi connectivity index (χ4v) is 4.54. The zero-order valence-corrected chi connectivity index (χ0v) is 20.3. The van der Waals surface area contributed by atoms with Crippen molar-refractivity contribution in [1.82, 2.24) is 9.88 Å². The lowest BCUT2D eigenvalue weighted by Crippen LogP contribution is -2.31. The van der Waals surface area contributed by atoms with E-state index in [4.69, 9.17) is 25.7 Å². The molecular weight excluding hydrogens is 446 g/mol. The van der Waals surface area contributed by atoms with Crippen LogP contribution in [0.4, 0.5) is 11.4 Å². The second kappa shape index (κ2) is 10.5. The Balaban J connectivity index is 1.22. The first kappa shape index (κ1) is 22.8. The van der Waals surface area contributed by atoms with Gasteiger partial charge in [-0.2, -0.15) is 0 Å². The summed E-state index contributed by atoms with van der Waals surface area (Å²) in [6.07, 6.45) is 5.09. The Kier molecular flexibility index (Phi) is 7.02. The molecule has 6 heteroatoms. The first-order chi connectivity index (χ1) is 16.7. The quantitative estimate of drug-likeness (QED) is 0.253. The van der Waals surface area contributed by atoms with Crippen molar-refractivity contribution in [3.8, 4) is 17.2 Å². The summed E-state index contributed by atoms with van der Waals surface area (Å²) >= 11 is 6.02. The molecule has 0 atom stereocenters. The van der Waals surface area contributed by atoms with E-state index in [-0.39, 0.29) is 0 Å². The molecule has 1 fully saturated rings. The van der Waals surface area contributed by atoms with Gasteiger partial charge in [-0.15, -0.1) is 0 Å². The molecule has 0 spiro atoms. The second-order valence-corrected chi connectivity index (χ2v) is 9.27. The summed E-state index contributed by atoms with van der Waals surface area (Å²) in [6, 6.07) is 21.8. The molecule has 0 amide bonds. The average molecular weight is 476 g/mol. The maximum atomic E-state index is 6.02. The van der Waals surface area contributed by atoms with E-state index in [1.165, 1.54) is 32.4 Å². The molecule has 1 aliphatic rings. The summed E-state index contributed by atoms with van der Waals surface area (Å²) in [7, 11) is 2.02. The lowest BCUT2D eigenvalue weighted by molar-refractivity contribution is 0.205. The number of ether oxygens (including phenoxy) is 1. The number of oxazole rings is 1. The Bertz CT molecular complexity index is 1210. The highest BCUT2D eigenvalue weighted by Gasteiger charge is 2.12. The van der Waals surface area contributed by atoms with E-state index >= 15 is 0 Å². The number of hydrogen-bond donors (Lipinski definition) is 0. The summed E-state index contributed by atoms with van der Waals surface area (Å²) in [6.45, 7) is 4.33. The zero-order valence-electron chi connectivity index (χ0n) is 19.5. The molecule has 176 valence electrons. The Hall–Kier alpha value is -3.02. The highest BCUT2D eigenvalue weighted by atomic mass is 35.5. The maximum absolute atomic E-state index is 6.02. The van der Waals surface area contributed by atoms with Crippen molar-refractivity contribution in [2.24, 2.45) is 0 Å². The van der Waals surface area contributed by atoms with Gasteiger partial charge in [0.15, 0.2) is 5.58 Å². The van der Waals surface area contributed by atoms with E-state index in [1.807, 2.05) is 73.8 Å². The summed E-state index contributed by atoms with van der Waals surface area (Å²) in [5.41, 5.74) is 4.61. The molecule has 0 N–H and O–H groups in total. The summed E-state index contributed by atoms with van der Waals surface area (Å²) in [5.74, 6) is 1.49. The second-order valence-electron chi connectivity index (χ2n) is 8.84. The normalized spacial score (nSPS) is 14.4. The lowest BCUT2D eigenvalue weighted by atomic mass is 10.1. The van der Waals surface area contributed by atoms with Gasteiger partial charge in [0.05, 0.1) is 6.61 Å². The van der Waals surface area contributed by atoms with Crippen molar-refractivity contribution in [2.45, 2.75) is 25.7 Å². The van der Waals surface area contributed by atoms with E-state index in [9.17, 15) is 0 Å². The first-order valence-corrected chi connectivity index (χ1v) is 12.4. The molecule has 5 nitrogen and oxygen atoms in total. The van der Waals surface area contributed by atoms with Gasteiger partial charge >= 0.3 is 0 Å². The van der Waals surface area contributed by atoms with Crippen LogP contribution in [0.25, 0.3) is 22.6 Å². The summed E-state index contributed by atoms with van der Waals surface area (Å²) in [4.78, 5) is 9.37. The van der Waals surface area contributed by atoms with Gasteiger partial charge in [0, 0.05) is 35.6 Å². The summed E-state index contributed by atoms with van der Waals surface area (Å²) in [5, 5.41) is 0.725. The zero-order chi connectivity index (χ0) is 23.3. The van der Waals surface area contributed by atoms with Gasteiger partial charge in [-0.25, -0.2) is 4.98 Å². The van der Waals surface area contributed by atoms with Crippen LogP contribution in [0.1, 0.15) is 25.7 Å². The molecular formula is C28H30ClN3O2. The molecule has 34 heavy (non-hydrogen) atoms. The third-order valence-electron chi connectivity index (χ3n) is 6.41. The third-order valence-corrected chi connectivity index (χ3v) is 6.66. The van der Waals surface area contributed by atoms with Crippen LogP contribution in [-0.4, -0.2) is 43.2 Å². The number of halogens is 1. The van der Waals surface area contributed by atoms with Gasteiger partial charge in [0.1, 0.15) is 11.3 Å². The standard InChI is InChI=1S/C28H30ClN3O2/c1-31(23-10-8-22(29)9-11-23)24-12-15-27-26(20-24)30-28(34-27)21-6-13-25(14-7-21)33-19-5-18-32-16-3-2-4-17-32/h6-15,20H,2-5,16-19H2,1H3. The average Bonchev–Trinajstić information content (AvgIpc) is 3.31. The van der Waals surface area contributed by atoms with E-state index in [0.29, 0.717) is 5.89 Å². The van der Waals surface area contributed by atoms with Crippen LogP contribution in [0.5, 0.6) is 5.75 Å². The number of fused-ring (bicyclic) bond motifs is 1. The van der Waals surface area contributed by atoms with Gasteiger partial charge in [-0.1, -0.05) is 18.0 Å². The molecule has 1 saturated heterocycles. The first-order valence-electron chi connectivity index (χ1n) is 12.0. The SMILES string of the molecule is CN(c1ccc(Cl)cc1)c1ccc2oc(-c3ccc(OCCCN4CCCCC4)cc3)nc2c1. The molecule has 4 aromatic rings. The Morgan fingerprint density at radius 2 is 1.68 bits per heavy atom. The fourth-order valence-electron chi connectivity index (χ4n) is 4.42. The molecule has 0 aliphatic carbocycles. The molecule has 5 rings (SSSR count). The van der Waals surface area contributed by atoms with E-state index < -0.39 is 0 Å². The predicted molar refractivity (Wildman–Crippen MR) is 139 cm³/mol. The molecule has 0 radical (unpaired) electrons. The van der Waals surface area contributed by atoms with Crippen LogP contribution in [0.3, 0.4) is 0 Å². The van der Waals surface area contributed by atoms with Crippen molar-refractivity contribution in [3.05, 3.63) is 71.8 Å². The number of likely N-dealkylation sites (tertiary alicyclic amines) is 1. The van der Waals surface area contributed by atoms with E-state index in [2.05, 4.69) is 9.80 Å². The van der Waals surface area contributed by atoms with Gasteiger partial charge < -0.3 is 19.0 Å². The van der Waals surface area contributed by atoms with Gasteiger partial charge in [0.2, 0.25) is 5.89 Å². The third kappa shape index (κ3) is 5.37. The van der Waals surface area contributed by atoms with Gasteiger partial charge in [-0.05, 0) is 99.1 Å². The monoisotopic (exact) mass is 475 g/mol. The molecule has 0 saturated carbocycles. The molecule has 0 bridgehead atoms. The number of rotatable bonds is 8. The number of anilines is 2. The van der Waals surface area contributed by atoms with E-state index in [0.717, 1.165) is 58.4 Å². The predicted octanol–water partition coefficient (Wildman–Crippen LogP) is 7.17. The molecule has 1 aromatic heterocycles. The topological polar surface area (TPSA) is 41.7 Å². The number of aromatic nitrogens is 1. The van der Waals surface area contributed by atoms with E-state index in [1.54, 1.807) is 0 Å². The highest BCUT2D eigenvalue weighted by molar-refractivity contribution is 6.30. The van der Waals surface area contributed by atoms with Crippen LogP contribution in [0, 0.1) is 0 Å². The van der Waals surface area contributed by atoms with Crippen LogP contribution >= 0.6 is 11.6 Å². The number of benzene rings is 3. The van der Waals surface area contributed by atoms with Crippen molar-refractivity contribution in [1.29, 1.82) is 0 Å². The van der Waals surface area contributed by atoms with Crippen molar-refractivity contribution < 1.29 is 9.15 Å². The Morgan fingerprint density at radius 3 is 2.44 bits per heavy atom. The molecule has 0 unspecified atom stereocenters. The summed E-state index contributed by atoms with van der Waals surface area (Å²) < 4.78 is 12.0. The minimum absolute atomic E-state index is 0.609. The smallest absolute Gasteiger partial charge is 0.227 e. The number of hydrogen-bond acceptors (Lipinski definition) is 5. The number of nitrogens with zero attached hydrogens (tertiary/aromatic N) is 3. The Labute approximate surface area is 205 Å². The van der Waals surface area contributed by atoms with Crippen LogP contribution in [0.15, 0.2) is 71.1 Å². The minimum atomic E-state index is 0.609. The largest absolute Gasteiger partial charge is 0.494 e. The molecule has 3 aromatic carbocycles.